The summed E-state index contributed by atoms with van der Waals surface area (Å²) in [5, 5.41) is 11.8. The number of aromatic carboxylic acids is 1. The predicted molar refractivity (Wildman–Crippen MR) is 90.2 cm³/mol. The van der Waals surface area contributed by atoms with E-state index in [2.05, 4.69) is 21.2 Å². The van der Waals surface area contributed by atoms with E-state index < -0.39 is 11.9 Å². The topological polar surface area (TPSA) is 66.4 Å². The second-order valence-corrected chi connectivity index (χ2v) is 5.70. The number of carboxylic acids is 1. The van der Waals surface area contributed by atoms with E-state index in [9.17, 15) is 9.59 Å². The Labute approximate surface area is 140 Å². The van der Waals surface area contributed by atoms with Gasteiger partial charge in [-0.1, -0.05) is 39.7 Å². The van der Waals surface area contributed by atoms with Gasteiger partial charge >= 0.3 is 5.97 Å². The third kappa shape index (κ3) is 4.44. The van der Waals surface area contributed by atoms with Crippen molar-refractivity contribution in [2.24, 2.45) is 0 Å². The maximum absolute atomic E-state index is 11.9. The van der Waals surface area contributed by atoms with Crippen molar-refractivity contribution in [3.8, 4) is 0 Å². The lowest BCUT2D eigenvalue weighted by atomic mass is 10.2. The number of hydrogen-bond donors (Lipinski definition) is 2. The first-order valence-electron chi connectivity index (χ1n) is 6.23. The molecule has 2 aromatic carbocycles. The van der Waals surface area contributed by atoms with Gasteiger partial charge in [-0.2, -0.15) is 0 Å². The second kappa shape index (κ2) is 7.24. The lowest BCUT2D eigenvalue weighted by molar-refractivity contribution is -0.111. The van der Waals surface area contributed by atoms with E-state index in [0.29, 0.717) is 0 Å². The molecule has 22 heavy (non-hydrogen) atoms. The van der Waals surface area contributed by atoms with Crippen LogP contribution in [0.4, 0.5) is 5.69 Å². The molecular weight excluding hydrogens is 370 g/mol. The molecular formula is C16H11BrClNO3. The first-order chi connectivity index (χ1) is 10.5. The van der Waals surface area contributed by atoms with Gasteiger partial charge in [0.25, 0.3) is 0 Å². The Morgan fingerprint density at radius 1 is 1.14 bits per heavy atom. The van der Waals surface area contributed by atoms with Gasteiger partial charge in [0, 0.05) is 10.5 Å². The van der Waals surface area contributed by atoms with Gasteiger partial charge in [-0.3, -0.25) is 4.79 Å². The summed E-state index contributed by atoms with van der Waals surface area (Å²) in [5.74, 6) is -1.48. The van der Waals surface area contributed by atoms with Crippen LogP contribution in [0.25, 0.3) is 6.08 Å². The van der Waals surface area contributed by atoms with Gasteiger partial charge in [0.05, 0.1) is 16.3 Å². The summed E-state index contributed by atoms with van der Waals surface area (Å²) in [7, 11) is 0. The van der Waals surface area contributed by atoms with Crippen LogP contribution in [0.2, 0.25) is 5.02 Å². The molecule has 0 radical (unpaired) electrons. The number of rotatable bonds is 4. The van der Waals surface area contributed by atoms with Gasteiger partial charge in [0.1, 0.15) is 0 Å². The zero-order valence-electron chi connectivity index (χ0n) is 11.2. The molecule has 2 rings (SSSR count). The molecule has 0 saturated heterocycles. The van der Waals surface area contributed by atoms with Crippen molar-refractivity contribution in [3.63, 3.8) is 0 Å². The van der Waals surface area contributed by atoms with E-state index in [4.69, 9.17) is 16.7 Å². The molecule has 0 saturated carbocycles. The fourth-order valence-electron chi connectivity index (χ4n) is 1.67. The number of carbonyl (C=O) groups excluding carboxylic acids is 1. The molecule has 0 aliphatic carbocycles. The highest BCUT2D eigenvalue weighted by atomic mass is 79.9. The van der Waals surface area contributed by atoms with Crippen LogP contribution in [-0.2, 0) is 4.79 Å². The van der Waals surface area contributed by atoms with E-state index in [1.165, 1.54) is 24.3 Å². The zero-order valence-corrected chi connectivity index (χ0v) is 13.6. The Morgan fingerprint density at radius 2 is 1.82 bits per heavy atom. The standard InChI is InChI=1S/C16H11BrClNO3/c17-12-5-1-10(2-6-12)3-8-15(20)19-14-9-11(16(21)22)4-7-13(14)18/h1-9H,(H,19,20)(H,21,22). The number of carboxylic acid groups (broad SMARTS) is 1. The monoisotopic (exact) mass is 379 g/mol. The van der Waals surface area contributed by atoms with Crippen LogP contribution in [0.15, 0.2) is 53.0 Å². The van der Waals surface area contributed by atoms with E-state index in [0.717, 1.165) is 10.0 Å². The van der Waals surface area contributed by atoms with Crippen LogP contribution in [-0.4, -0.2) is 17.0 Å². The van der Waals surface area contributed by atoms with Crippen molar-refractivity contribution in [2.45, 2.75) is 0 Å². The summed E-state index contributed by atoms with van der Waals surface area (Å²) in [5.41, 5.74) is 1.17. The highest BCUT2D eigenvalue weighted by molar-refractivity contribution is 9.10. The highest BCUT2D eigenvalue weighted by Crippen LogP contribution is 2.23. The number of carbonyl (C=O) groups is 2. The molecule has 2 N–H and O–H groups in total. The van der Waals surface area contributed by atoms with Crippen molar-refractivity contribution < 1.29 is 14.7 Å². The van der Waals surface area contributed by atoms with Crippen molar-refractivity contribution >= 4 is 51.2 Å². The summed E-state index contributed by atoms with van der Waals surface area (Å²) in [6, 6.07) is 11.6. The van der Waals surface area contributed by atoms with Crippen LogP contribution in [0, 0.1) is 0 Å². The van der Waals surface area contributed by atoms with E-state index in [-0.39, 0.29) is 16.3 Å². The van der Waals surface area contributed by atoms with Crippen LogP contribution < -0.4 is 5.32 Å². The third-order valence-electron chi connectivity index (χ3n) is 2.77. The fourth-order valence-corrected chi connectivity index (χ4v) is 2.10. The summed E-state index contributed by atoms with van der Waals surface area (Å²) in [6.45, 7) is 0. The number of hydrogen-bond acceptors (Lipinski definition) is 2. The van der Waals surface area contributed by atoms with Crippen molar-refractivity contribution in [1.82, 2.24) is 0 Å². The summed E-state index contributed by atoms with van der Waals surface area (Å²) >= 11 is 9.27. The van der Waals surface area contributed by atoms with Crippen molar-refractivity contribution in [2.75, 3.05) is 5.32 Å². The molecule has 2 aromatic rings. The number of amides is 1. The molecule has 0 atom stereocenters. The zero-order chi connectivity index (χ0) is 16.1. The van der Waals surface area contributed by atoms with Crippen LogP contribution >= 0.6 is 27.5 Å². The highest BCUT2D eigenvalue weighted by Gasteiger charge is 2.08. The molecule has 0 fully saturated rings. The molecule has 4 nitrogen and oxygen atoms in total. The van der Waals surface area contributed by atoms with Gasteiger partial charge in [-0.05, 0) is 42.0 Å². The van der Waals surface area contributed by atoms with E-state index in [1.54, 1.807) is 6.08 Å². The second-order valence-electron chi connectivity index (χ2n) is 4.37. The number of halogens is 2. The molecule has 0 heterocycles. The summed E-state index contributed by atoms with van der Waals surface area (Å²) < 4.78 is 0.950. The average molecular weight is 381 g/mol. The maximum Gasteiger partial charge on any atom is 0.335 e. The smallest absolute Gasteiger partial charge is 0.335 e. The van der Waals surface area contributed by atoms with E-state index >= 15 is 0 Å². The summed E-state index contributed by atoms with van der Waals surface area (Å²) in [6.07, 6.45) is 3.00. The first kappa shape index (κ1) is 16.3. The molecule has 0 aliphatic rings. The molecule has 0 spiro atoms. The number of nitrogens with one attached hydrogen (secondary N) is 1. The Kier molecular flexibility index (Phi) is 5.35. The van der Waals surface area contributed by atoms with Gasteiger partial charge in [0.2, 0.25) is 5.91 Å². The van der Waals surface area contributed by atoms with Crippen LogP contribution in [0.1, 0.15) is 15.9 Å². The van der Waals surface area contributed by atoms with Crippen molar-refractivity contribution in [3.05, 3.63) is 69.2 Å². The third-order valence-corrected chi connectivity index (χ3v) is 3.63. The Bertz CT molecular complexity index is 742. The molecule has 6 heteroatoms. The first-order valence-corrected chi connectivity index (χ1v) is 7.40. The lowest BCUT2D eigenvalue weighted by Crippen LogP contribution is -2.09. The Hall–Kier alpha value is -2.11. The Morgan fingerprint density at radius 3 is 2.45 bits per heavy atom. The Balaban J connectivity index is 2.10. The SMILES string of the molecule is O=C(C=Cc1ccc(Br)cc1)Nc1cc(C(=O)O)ccc1Cl. The molecule has 0 bridgehead atoms. The lowest BCUT2D eigenvalue weighted by Gasteiger charge is -2.06. The van der Waals surface area contributed by atoms with Crippen molar-refractivity contribution in [1.29, 1.82) is 0 Å². The van der Waals surface area contributed by atoms with Gasteiger partial charge < -0.3 is 10.4 Å². The minimum atomic E-state index is -1.09. The van der Waals surface area contributed by atoms with Gasteiger partial charge in [-0.25, -0.2) is 4.79 Å². The van der Waals surface area contributed by atoms with Crippen LogP contribution in [0.3, 0.4) is 0 Å². The fraction of sp³-hybridized carbons (Fsp3) is 0. The summed E-state index contributed by atoms with van der Waals surface area (Å²) in [4.78, 5) is 22.8. The maximum atomic E-state index is 11.9. The largest absolute Gasteiger partial charge is 0.478 e. The minimum Gasteiger partial charge on any atom is -0.478 e. The van der Waals surface area contributed by atoms with Crippen LogP contribution in [0.5, 0.6) is 0 Å². The molecule has 0 unspecified atom stereocenters. The molecule has 1 amide bonds. The normalized spacial score (nSPS) is 10.6. The predicted octanol–water partition coefficient (Wildman–Crippen LogP) is 4.45. The van der Waals surface area contributed by atoms with Gasteiger partial charge in [-0.15, -0.1) is 0 Å². The number of anilines is 1. The van der Waals surface area contributed by atoms with E-state index in [1.807, 2.05) is 24.3 Å². The minimum absolute atomic E-state index is 0.0524. The molecule has 0 aromatic heterocycles. The quantitative estimate of drug-likeness (QED) is 0.770. The average Bonchev–Trinajstić information content (AvgIpc) is 2.48. The molecule has 0 aliphatic heterocycles. The number of benzene rings is 2. The molecule has 112 valence electrons. The van der Waals surface area contributed by atoms with Gasteiger partial charge in [0.15, 0.2) is 0 Å².